The van der Waals surface area contributed by atoms with Crippen molar-refractivity contribution in [2.75, 3.05) is 77.7 Å². The molecule has 0 aliphatic carbocycles. The quantitative estimate of drug-likeness (QED) is 0.0553. The average molecular weight is 1130 g/mol. The lowest BCUT2D eigenvalue weighted by Crippen LogP contribution is -2.46. The predicted molar refractivity (Wildman–Crippen MR) is 291 cm³/mol. The van der Waals surface area contributed by atoms with Crippen LogP contribution in [0.1, 0.15) is 44.8 Å². The normalized spacial score (nSPS) is 15.9. The van der Waals surface area contributed by atoms with Crippen molar-refractivity contribution >= 4 is 75.8 Å². The lowest BCUT2D eigenvalue weighted by Gasteiger charge is -2.37. The summed E-state index contributed by atoms with van der Waals surface area (Å²) in [4.78, 5) is 5.27. The Morgan fingerprint density at radius 1 is 0.773 bits per heavy atom. The first-order valence-corrected chi connectivity index (χ1v) is 30.6. The standard InChI is InChI=1S/C53H59ClF4N6O7S4/c1-35(2)64-36(3)52(73(4,66)67)50(51(64)37-10-12-39(54)13-11-37)38-30-40(55)32-44(31-38)63-28-26-62(27-29-63)43-16-14-41(15-17-43)60-75(70,71)47-18-19-48(49(33-47)74(68,69)53(56,57)58)59-42(34-72-46-8-6-5-7-9-46)20-23-61-24-21-45(65)22-25-61/h5-19,30-33,35,42,45,59-60,65H,20-29,34H2,1-4H3. The second-order valence-electron chi connectivity index (χ2n) is 19.1. The molecule has 1 aromatic heterocycles. The van der Waals surface area contributed by atoms with Crippen LogP contribution in [0.5, 0.6) is 0 Å². The fourth-order valence-corrected chi connectivity index (χ4v) is 14.2. The molecule has 0 spiro atoms. The highest BCUT2D eigenvalue weighted by Crippen LogP contribution is 2.45. The molecule has 13 nitrogen and oxygen atoms in total. The Morgan fingerprint density at radius 2 is 1.40 bits per heavy atom. The molecular formula is C53H59ClF4N6O7S4. The monoisotopic (exact) mass is 1130 g/mol. The van der Waals surface area contributed by atoms with Gasteiger partial charge in [0.2, 0.25) is 0 Å². The van der Waals surface area contributed by atoms with Crippen LogP contribution in [0, 0.1) is 12.7 Å². The van der Waals surface area contributed by atoms with E-state index in [4.69, 9.17) is 11.6 Å². The van der Waals surface area contributed by atoms with Gasteiger partial charge in [-0.15, -0.1) is 11.8 Å². The van der Waals surface area contributed by atoms with Gasteiger partial charge in [0, 0.05) is 108 Å². The molecule has 1 unspecified atom stereocenters. The molecule has 2 aliphatic heterocycles. The number of thioether (sulfide) groups is 1. The van der Waals surface area contributed by atoms with E-state index in [1.807, 2.05) is 70.7 Å². The van der Waals surface area contributed by atoms with Gasteiger partial charge in [0.15, 0.2) is 9.84 Å². The van der Waals surface area contributed by atoms with Gasteiger partial charge in [-0.1, -0.05) is 41.9 Å². The summed E-state index contributed by atoms with van der Waals surface area (Å²) in [5, 5.41) is 13.5. The third-order valence-corrected chi connectivity index (χ3v) is 19.0. The molecule has 75 heavy (non-hydrogen) atoms. The smallest absolute Gasteiger partial charge is 0.393 e. The number of hydrogen-bond donors (Lipinski definition) is 3. The van der Waals surface area contributed by atoms with Gasteiger partial charge in [-0.2, -0.15) is 13.2 Å². The van der Waals surface area contributed by atoms with E-state index < -0.39 is 63.0 Å². The summed E-state index contributed by atoms with van der Waals surface area (Å²) in [5.41, 5.74) is -2.13. The minimum absolute atomic E-state index is 0.0725. The number of sulfone groups is 2. The molecule has 3 heterocycles. The van der Waals surface area contributed by atoms with E-state index in [2.05, 4.69) is 14.9 Å². The highest BCUT2D eigenvalue weighted by atomic mass is 35.5. The van der Waals surface area contributed by atoms with Crippen LogP contribution >= 0.6 is 23.4 Å². The number of aromatic nitrogens is 1. The van der Waals surface area contributed by atoms with Crippen molar-refractivity contribution < 1.29 is 47.9 Å². The van der Waals surface area contributed by atoms with Crippen LogP contribution in [0.4, 0.5) is 40.3 Å². The van der Waals surface area contributed by atoms with E-state index in [1.165, 1.54) is 36.0 Å². The van der Waals surface area contributed by atoms with Crippen molar-refractivity contribution in [1.82, 2.24) is 9.47 Å². The Morgan fingerprint density at radius 3 is 2.00 bits per heavy atom. The highest BCUT2D eigenvalue weighted by molar-refractivity contribution is 7.99. The molecule has 2 fully saturated rings. The van der Waals surface area contributed by atoms with Crippen molar-refractivity contribution in [3.8, 4) is 22.4 Å². The molecule has 1 atom stereocenters. The number of piperazine rings is 1. The molecule has 22 heteroatoms. The van der Waals surface area contributed by atoms with Gasteiger partial charge in [-0.3, -0.25) is 4.72 Å². The van der Waals surface area contributed by atoms with E-state index >= 15 is 4.39 Å². The van der Waals surface area contributed by atoms with Gasteiger partial charge in [0.25, 0.3) is 19.9 Å². The molecule has 6 aromatic rings. The minimum atomic E-state index is -6.05. The summed E-state index contributed by atoms with van der Waals surface area (Å²) in [6.45, 7) is 9.27. The topological polar surface area (TPSA) is 161 Å². The first-order valence-electron chi connectivity index (χ1n) is 24.3. The first kappa shape index (κ1) is 55.9. The van der Waals surface area contributed by atoms with E-state index in [0.717, 1.165) is 29.0 Å². The fourth-order valence-electron chi connectivity index (χ4n) is 9.77. The second-order valence-corrected chi connectivity index (χ2v) is 26.2. The number of halogens is 5. The number of benzene rings is 5. The predicted octanol–water partition coefficient (Wildman–Crippen LogP) is 10.7. The summed E-state index contributed by atoms with van der Waals surface area (Å²) in [6, 6.07) is 29.2. The molecule has 3 N–H and O–H groups in total. The zero-order chi connectivity index (χ0) is 54.0. The molecule has 2 saturated heterocycles. The Bertz CT molecular complexity index is 3330. The van der Waals surface area contributed by atoms with Gasteiger partial charge >= 0.3 is 5.51 Å². The van der Waals surface area contributed by atoms with E-state index in [9.17, 15) is 43.5 Å². The summed E-state index contributed by atoms with van der Waals surface area (Å²) >= 11 is 7.68. The Hall–Kier alpha value is -5.29. The van der Waals surface area contributed by atoms with E-state index in [1.54, 1.807) is 37.3 Å². The number of anilines is 4. The number of aliphatic hydroxyl groups is 1. The van der Waals surface area contributed by atoms with Gasteiger partial charge in [-0.25, -0.2) is 29.6 Å². The van der Waals surface area contributed by atoms with Crippen LogP contribution in [-0.2, 0) is 29.7 Å². The van der Waals surface area contributed by atoms with E-state index in [-0.39, 0.29) is 22.3 Å². The lowest BCUT2D eigenvalue weighted by molar-refractivity contribution is -0.0435. The maximum absolute atomic E-state index is 15.8. The molecule has 8 rings (SSSR count). The highest BCUT2D eigenvalue weighted by Gasteiger charge is 2.48. The van der Waals surface area contributed by atoms with Crippen LogP contribution in [0.3, 0.4) is 0 Å². The Labute approximate surface area is 445 Å². The maximum atomic E-state index is 15.8. The molecular weight excluding hydrogens is 1070 g/mol. The summed E-state index contributed by atoms with van der Waals surface area (Å²) in [6.07, 6.45) is 2.33. The van der Waals surface area contributed by atoms with Crippen molar-refractivity contribution in [2.24, 2.45) is 0 Å². The van der Waals surface area contributed by atoms with Gasteiger partial charge in [0.05, 0.1) is 27.3 Å². The van der Waals surface area contributed by atoms with Crippen LogP contribution in [0.15, 0.2) is 135 Å². The van der Waals surface area contributed by atoms with Gasteiger partial charge in [-0.05, 0) is 136 Å². The van der Waals surface area contributed by atoms with Gasteiger partial charge in [0.1, 0.15) is 10.7 Å². The van der Waals surface area contributed by atoms with Gasteiger partial charge < -0.3 is 29.7 Å². The SMILES string of the molecule is Cc1c(S(C)(=O)=O)c(-c2cc(F)cc(N3CCN(c4ccc(NS(=O)(=O)c5ccc(NC(CCN6CCC(O)CC6)CSc6ccccc6)c(S(=O)(=O)C(F)(F)F)c5)cc4)CC3)c2)c(-c2ccc(Cl)cc2)n1C(C)C. The van der Waals surface area contributed by atoms with Crippen molar-refractivity contribution in [3.63, 3.8) is 0 Å². The number of nitrogens with zero attached hydrogens (tertiary/aromatic N) is 4. The van der Waals surface area contributed by atoms with Crippen LogP contribution < -0.4 is 19.8 Å². The van der Waals surface area contributed by atoms with Crippen molar-refractivity contribution in [1.29, 1.82) is 0 Å². The fraction of sp³-hybridized carbons (Fsp3) is 0.358. The molecule has 2 aliphatic rings. The molecule has 5 aromatic carbocycles. The van der Waals surface area contributed by atoms with Crippen molar-refractivity contribution in [3.05, 3.63) is 132 Å². The number of alkyl halides is 3. The molecule has 0 amide bonds. The number of sulfonamides is 1. The maximum Gasteiger partial charge on any atom is 0.501 e. The lowest BCUT2D eigenvalue weighted by atomic mass is 9.99. The molecule has 0 bridgehead atoms. The zero-order valence-corrected chi connectivity index (χ0v) is 45.7. The zero-order valence-electron chi connectivity index (χ0n) is 41.7. The number of hydrogen-bond acceptors (Lipinski definition) is 12. The number of aliphatic hydroxyl groups excluding tert-OH is 1. The summed E-state index contributed by atoms with van der Waals surface area (Å²) in [5.74, 6) is -0.196. The number of nitrogens with one attached hydrogen (secondary N) is 2. The van der Waals surface area contributed by atoms with Crippen LogP contribution in [-0.4, -0.2) is 115 Å². The molecule has 0 saturated carbocycles. The third kappa shape index (κ3) is 12.9. The third-order valence-electron chi connectivity index (χ3n) is 13.5. The van der Waals surface area contributed by atoms with Crippen LogP contribution in [0.2, 0.25) is 5.02 Å². The summed E-state index contributed by atoms with van der Waals surface area (Å²) < 4.78 is 144. The minimum Gasteiger partial charge on any atom is -0.393 e. The van der Waals surface area contributed by atoms with E-state index in [0.29, 0.717) is 116 Å². The van der Waals surface area contributed by atoms with Crippen molar-refractivity contribution in [2.45, 2.75) is 83.3 Å². The Kier molecular flexibility index (Phi) is 17.0. The Balaban J connectivity index is 0.986. The largest absolute Gasteiger partial charge is 0.501 e. The molecule has 402 valence electrons. The number of rotatable bonds is 18. The van der Waals surface area contributed by atoms with Crippen LogP contribution in [0.25, 0.3) is 22.4 Å². The summed E-state index contributed by atoms with van der Waals surface area (Å²) in [7, 11) is -14.5. The number of likely N-dealkylation sites (tertiary alicyclic amines) is 1. The number of piperidine rings is 1. The first-order chi connectivity index (χ1) is 35.4. The average Bonchev–Trinajstić information content (AvgIpc) is 3.69. The second kappa shape index (κ2) is 22.7. The molecule has 0 radical (unpaired) electrons.